The van der Waals surface area contributed by atoms with Crippen molar-refractivity contribution in [2.45, 2.75) is 6.92 Å². The van der Waals surface area contributed by atoms with Crippen LogP contribution in [0.2, 0.25) is 0 Å². The average Bonchev–Trinajstić information content (AvgIpc) is 2.47. The van der Waals surface area contributed by atoms with Gasteiger partial charge < -0.3 is 5.11 Å². The van der Waals surface area contributed by atoms with Crippen molar-refractivity contribution in [1.29, 1.82) is 0 Å². The molecule has 0 aliphatic heterocycles. The van der Waals surface area contributed by atoms with Gasteiger partial charge in [0.1, 0.15) is 5.69 Å². The second-order valence-corrected chi connectivity index (χ2v) is 2.74. The van der Waals surface area contributed by atoms with Gasteiger partial charge in [-0.15, -0.1) is 0 Å². The summed E-state index contributed by atoms with van der Waals surface area (Å²) >= 11 is 0. The maximum absolute atomic E-state index is 10.6. The van der Waals surface area contributed by atoms with Gasteiger partial charge in [-0.25, -0.2) is 9.78 Å². The van der Waals surface area contributed by atoms with Crippen molar-refractivity contribution in [2.24, 2.45) is 0 Å². The molecule has 0 fully saturated rings. The number of aromatic nitrogens is 3. The summed E-state index contributed by atoms with van der Waals surface area (Å²) in [6.45, 7) is 1.86. The van der Waals surface area contributed by atoms with E-state index in [4.69, 9.17) is 5.11 Å². The van der Waals surface area contributed by atoms with E-state index >= 15 is 0 Å². The van der Waals surface area contributed by atoms with Crippen LogP contribution in [0.4, 0.5) is 0 Å². The fourth-order valence-corrected chi connectivity index (χ4v) is 1.15. The number of rotatable bonds is 1. The van der Waals surface area contributed by atoms with Gasteiger partial charge in [0.05, 0.1) is 5.52 Å². The number of pyridine rings is 1. The standard InChI is InChI=1S/C8H7N3O2/c1-4-5-3-9-7(8(12)13)2-6(5)11-10-4/h2-3H,1H3,(H,10,11)(H,12,13). The number of hydrogen-bond acceptors (Lipinski definition) is 3. The van der Waals surface area contributed by atoms with Crippen molar-refractivity contribution in [3.63, 3.8) is 0 Å². The minimum atomic E-state index is -1.04. The molecule has 2 heterocycles. The molecule has 0 aliphatic rings. The Morgan fingerprint density at radius 2 is 2.38 bits per heavy atom. The number of fused-ring (bicyclic) bond motifs is 1. The number of carboxylic acid groups (broad SMARTS) is 1. The fraction of sp³-hybridized carbons (Fsp3) is 0.125. The van der Waals surface area contributed by atoms with E-state index in [1.165, 1.54) is 12.3 Å². The number of hydrogen-bond donors (Lipinski definition) is 2. The Morgan fingerprint density at radius 3 is 3.08 bits per heavy atom. The van der Waals surface area contributed by atoms with Crippen molar-refractivity contribution in [3.8, 4) is 0 Å². The Hall–Kier alpha value is -1.91. The summed E-state index contributed by atoms with van der Waals surface area (Å²) in [6.07, 6.45) is 1.51. The van der Waals surface area contributed by atoms with Gasteiger partial charge in [-0.2, -0.15) is 5.10 Å². The lowest BCUT2D eigenvalue weighted by Crippen LogP contribution is -1.98. The van der Waals surface area contributed by atoms with Gasteiger partial charge in [-0.05, 0) is 13.0 Å². The minimum Gasteiger partial charge on any atom is -0.477 e. The van der Waals surface area contributed by atoms with Crippen LogP contribution in [-0.2, 0) is 0 Å². The van der Waals surface area contributed by atoms with E-state index in [2.05, 4.69) is 15.2 Å². The molecule has 5 heteroatoms. The first-order valence-corrected chi connectivity index (χ1v) is 3.72. The molecule has 2 N–H and O–H groups in total. The molecule has 0 radical (unpaired) electrons. The van der Waals surface area contributed by atoms with Crippen molar-refractivity contribution in [2.75, 3.05) is 0 Å². The Kier molecular flexibility index (Phi) is 1.51. The highest BCUT2D eigenvalue weighted by molar-refractivity contribution is 5.91. The SMILES string of the molecule is Cc1[nH]nc2cc(C(=O)O)ncc12. The van der Waals surface area contributed by atoms with E-state index in [1.54, 1.807) is 0 Å². The summed E-state index contributed by atoms with van der Waals surface area (Å²) in [6, 6.07) is 1.45. The van der Waals surface area contributed by atoms with Crippen molar-refractivity contribution in [1.82, 2.24) is 15.2 Å². The first kappa shape index (κ1) is 7.72. The molecule has 2 aromatic rings. The van der Waals surface area contributed by atoms with E-state index in [9.17, 15) is 4.79 Å². The van der Waals surface area contributed by atoms with E-state index < -0.39 is 5.97 Å². The molecule has 0 saturated heterocycles. The largest absolute Gasteiger partial charge is 0.477 e. The van der Waals surface area contributed by atoms with Crippen molar-refractivity contribution < 1.29 is 9.90 Å². The second kappa shape index (κ2) is 2.55. The molecule has 13 heavy (non-hydrogen) atoms. The van der Waals surface area contributed by atoms with Gasteiger partial charge in [0.2, 0.25) is 0 Å². The molecule has 2 rings (SSSR count). The lowest BCUT2D eigenvalue weighted by Gasteiger charge is -1.92. The van der Waals surface area contributed by atoms with Crippen LogP contribution < -0.4 is 0 Å². The summed E-state index contributed by atoms with van der Waals surface area (Å²) in [7, 11) is 0. The molecule has 0 aromatic carbocycles. The van der Waals surface area contributed by atoms with Crippen molar-refractivity contribution in [3.05, 3.63) is 23.7 Å². The van der Waals surface area contributed by atoms with Crippen LogP contribution >= 0.6 is 0 Å². The highest BCUT2D eigenvalue weighted by Crippen LogP contribution is 2.14. The highest BCUT2D eigenvalue weighted by atomic mass is 16.4. The molecule has 0 aliphatic carbocycles. The van der Waals surface area contributed by atoms with E-state index in [0.29, 0.717) is 5.52 Å². The molecule has 0 atom stereocenters. The summed E-state index contributed by atoms with van der Waals surface area (Å²) in [4.78, 5) is 14.3. The molecule has 66 valence electrons. The zero-order valence-corrected chi connectivity index (χ0v) is 6.90. The molecule has 5 nitrogen and oxygen atoms in total. The monoisotopic (exact) mass is 177 g/mol. The molecular formula is C8H7N3O2. The summed E-state index contributed by atoms with van der Waals surface area (Å²) in [5, 5.41) is 16.2. The van der Waals surface area contributed by atoms with Gasteiger partial charge in [-0.3, -0.25) is 5.10 Å². The van der Waals surface area contributed by atoms with Crippen LogP contribution in [-0.4, -0.2) is 26.3 Å². The zero-order valence-electron chi connectivity index (χ0n) is 6.90. The van der Waals surface area contributed by atoms with Gasteiger partial charge in [-0.1, -0.05) is 0 Å². The molecule has 0 bridgehead atoms. The first-order valence-electron chi connectivity index (χ1n) is 3.72. The number of aromatic amines is 1. The third-order valence-corrected chi connectivity index (χ3v) is 1.85. The Balaban J connectivity index is 2.70. The molecule has 0 amide bonds. The number of nitrogens with zero attached hydrogens (tertiary/aromatic N) is 2. The number of nitrogens with one attached hydrogen (secondary N) is 1. The lowest BCUT2D eigenvalue weighted by atomic mass is 10.2. The van der Waals surface area contributed by atoms with Crippen LogP contribution in [0, 0.1) is 6.92 Å². The van der Waals surface area contributed by atoms with Gasteiger partial charge in [0.25, 0.3) is 0 Å². The average molecular weight is 177 g/mol. The number of H-pyrrole nitrogens is 1. The number of carbonyl (C=O) groups is 1. The minimum absolute atomic E-state index is 0.0130. The predicted molar refractivity (Wildman–Crippen MR) is 45.6 cm³/mol. The fourth-order valence-electron chi connectivity index (χ4n) is 1.15. The van der Waals surface area contributed by atoms with E-state index in [-0.39, 0.29) is 5.69 Å². The van der Waals surface area contributed by atoms with Gasteiger partial charge in [0, 0.05) is 17.3 Å². The maximum atomic E-state index is 10.6. The third kappa shape index (κ3) is 1.14. The topological polar surface area (TPSA) is 78.9 Å². The van der Waals surface area contributed by atoms with Gasteiger partial charge >= 0.3 is 5.97 Å². The normalized spacial score (nSPS) is 10.5. The second-order valence-electron chi connectivity index (χ2n) is 2.74. The molecular weight excluding hydrogens is 170 g/mol. The summed E-state index contributed by atoms with van der Waals surface area (Å²) in [5.74, 6) is -1.04. The molecule has 0 saturated carbocycles. The summed E-state index contributed by atoms with van der Waals surface area (Å²) in [5.41, 5.74) is 1.53. The Bertz CT molecular complexity index is 475. The van der Waals surface area contributed by atoms with E-state index in [0.717, 1.165) is 11.1 Å². The predicted octanol–water partition coefficient (Wildman–Crippen LogP) is 0.965. The molecule has 0 unspecified atom stereocenters. The highest BCUT2D eigenvalue weighted by Gasteiger charge is 2.07. The lowest BCUT2D eigenvalue weighted by molar-refractivity contribution is 0.0690. The molecule has 0 spiro atoms. The number of aromatic carboxylic acids is 1. The smallest absolute Gasteiger partial charge is 0.354 e. The number of carboxylic acids is 1. The quantitative estimate of drug-likeness (QED) is 0.680. The maximum Gasteiger partial charge on any atom is 0.354 e. The number of aryl methyl sites for hydroxylation is 1. The van der Waals surface area contributed by atoms with Crippen LogP contribution in [0.1, 0.15) is 16.2 Å². The van der Waals surface area contributed by atoms with Crippen LogP contribution in [0.3, 0.4) is 0 Å². The Morgan fingerprint density at radius 1 is 1.62 bits per heavy atom. The Labute approximate surface area is 73.4 Å². The summed E-state index contributed by atoms with van der Waals surface area (Å²) < 4.78 is 0. The van der Waals surface area contributed by atoms with Crippen molar-refractivity contribution >= 4 is 16.9 Å². The first-order chi connectivity index (χ1) is 6.18. The zero-order chi connectivity index (χ0) is 9.42. The third-order valence-electron chi connectivity index (χ3n) is 1.85. The van der Waals surface area contributed by atoms with Gasteiger partial charge in [0.15, 0.2) is 0 Å². The molecule has 2 aromatic heterocycles. The van der Waals surface area contributed by atoms with Crippen LogP contribution in [0.5, 0.6) is 0 Å². The van der Waals surface area contributed by atoms with Crippen LogP contribution in [0.15, 0.2) is 12.3 Å². The van der Waals surface area contributed by atoms with Crippen LogP contribution in [0.25, 0.3) is 10.9 Å². The van der Waals surface area contributed by atoms with E-state index in [1.807, 2.05) is 6.92 Å².